The number of thioether (sulfide) groups is 1. The molecule has 4 N–H and O–H groups in total. The molecule has 3 atom stereocenters. The third-order valence-corrected chi connectivity index (χ3v) is 4.33. The molecule has 1 fully saturated rings. The van der Waals surface area contributed by atoms with Gasteiger partial charge < -0.3 is 16.2 Å². The van der Waals surface area contributed by atoms with Gasteiger partial charge >= 0.3 is 5.97 Å². The van der Waals surface area contributed by atoms with Crippen LogP contribution in [0.2, 0.25) is 0 Å². The van der Waals surface area contributed by atoms with E-state index in [4.69, 9.17) is 11.5 Å². The SMILES string of the molecule is Br.COC(=O)CCCC[C@@H]1SC[C@H](N)[C@@H]1N. The van der Waals surface area contributed by atoms with Crippen LogP contribution in [-0.4, -0.2) is 36.2 Å². The molecule has 1 aliphatic rings. The van der Waals surface area contributed by atoms with Crippen LogP contribution >= 0.6 is 28.7 Å². The molecule has 6 heteroatoms. The molecule has 0 radical (unpaired) electrons. The number of methoxy groups -OCH3 is 1. The van der Waals surface area contributed by atoms with E-state index in [-0.39, 0.29) is 35.0 Å². The molecule has 1 rings (SSSR count). The summed E-state index contributed by atoms with van der Waals surface area (Å²) in [5, 5.41) is 0.470. The van der Waals surface area contributed by atoms with Crippen molar-refractivity contribution in [3.05, 3.63) is 0 Å². The standard InChI is InChI=1S/C10H20N2O2S.BrH/c1-14-9(13)5-3-2-4-8-10(12)7(11)6-15-8;/h7-8,10H,2-6,11-12H2,1H3;1H/t7-,8-,10-;/m0./s1. The van der Waals surface area contributed by atoms with E-state index in [1.165, 1.54) is 7.11 Å². The summed E-state index contributed by atoms with van der Waals surface area (Å²) in [7, 11) is 1.42. The Labute approximate surface area is 112 Å². The normalized spacial score (nSPS) is 28.6. The second kappa shape index (κ2) is 8.33. The number of esters is 1. The quantitative estimate of drug-likeness (QED) is 0.586. The smallest absolute Gasteiger partial charge is 0.305 e. The van der Waals surface area contributed by atoms with Crippen molar-refractivity contribution in [2.75, 3.05) is 12.9 Å². The number of carbonyl (C=O) groups excluding carboxylic acids is 1. The predicted octanol–water partition coefficient (Wildman–Crippen LogP) is 1.07. The Balaban J connectivity index is 0.00000225. The summed E-state index contributed by atoms with van der Waals surface area (Å²) in [5.41, 5.74) is 11.8. The molecule has 0 aromatic heterocycles. The second-order valence-corrected chi connectivity index (χ2v) is 5.21. The third kappa shape index (κ3) is 5.03. The van der Waals surface area contributed by atoms with Crippen molar-refractivity contribution >= 4 is 34.7 Å². The maximum absolute atomic E-state index is 10.9. The molecule has 0 unspecified atom stereocenters. The molecule has 1 saturated heterocycles. The molecular formula is C10H21BrN2O2S. The van der Waals surface area contributed by atoms with E-state index < -0.39 is 0 Å². The van der Waals surface area contributed by atoms with E-state index >= 15 is 0 Å². The number of halogens is 1. The average Bonchev–Trinajstić information content (AvgIpc) is 2.55. The van der Waals surface area contributed by atoms with Crippen molar-refractivity contribution in [2.45, 2.75) is 43.0 Å². The van der Waals surface area contributed by atoms with Crippen LogP contribution < -0.4 is 11.5 Å². The monoisotopic (exact) mass is 312 g/mol. The molecule has 0 bridgehead atoms. The van der Waals surface area contributed by atoms with Gasteiger partial charge in [0.25, 0.3) is 0 Å². The molecule has 1 aliphatic heterocycles. The number of hydrogen-bond donors (Lipinski definition) is 2. The minimum Gasteiger partial charge on any atom is -0.469 e. The van der Waals surface area contributed by atoms with E-state index in [1.54, 1.807) is 0 Å². The van der Waals surface area contributed by atoms with Crippen LogP contribution in [-0.2, 0) is 9.53 Å². The summed E-state index contributed by atoms with van der Waals surface area (Å²) in [5.74, 6) is 0.832. The fourth-order valence-corrected chi connectivity index (χ4v) is 3.17. The highest BCUT2D eigenvalue weighted by molar-refractivity contribution is 8.93. The first kappa shape index (κ1) is 16.2. The lowest BCUT2D eigenvalue weighted by atomic mass is 10.0. The number of nitrogens with two attached hydrogens (primary N) is 2. The van der Waals surface area contributed by atoms with Crippen molar-refractivity contribution < 1.29 is 9.53 Å². The molecule has 16 heavy (non-hydrogen) atoms. The Hall–Kier alpha value is 0.220. The molecule has 0 spiro atoms. The minimum atomic E-state index is -0.130. The molecular weight excluding hydrogens is 292 g/mol. The van der Waals surface area contributed by atoms with Gasteiger partial charge in [-0.05, 0) is 12.8 Å². The van der Waals surface area contributed by atoms with Gasteiger partial charge in [-0.25, -0.2) is 0 Å². The Morgan fingerprint density at radius 2 is 2.12 bits per heavy atom. The zero-order valence-corrected chi connectivity index (χ0v) is 12.1. The van der Waals surface area contributed by atoms with E-state index in [0.29, 0.717) is 11.7 Å². The van der Waals surface area contributed by atoms with Gasteiger partial charge in [-0.2, -0.15) is 11.8 Å². The molecule has 0 aromatic rings. The van der Waals surface area contributed by atoms with Gasteiger partial charge in [-0.3, -0.25) is 4.79 Å². The zero-order valence-electron chi connectivity index (χ0n) is 9.56. The van der Waals surface area contributed by atoms with Gasteiger partial charge in [0.1, 0.15) is 0 Å². The minimum absolute atomic E-state index is 0. The predicted molar refractivity (Wildman–Crippen MR) is 73.0 cm³/mol. The molecule has 96 valence electrons. The molecule has 0 aromatic carbocycles. The molecule has 4 nitrogen and oxygen atoms in total. The summed E-state index contributed by atoms with van der Waals surface area (Å²) >= 11 is 1.86. The van der Waals surface area contributed by atoms with Crippen LogP contribution in [0.4, 0.5) is 0 Å². The Bertz CT molecular complexity index is 219. The molecule has 1 heterocycles. The molecule has 0 saturated carbocycles. The van der Waals surface area contributed by atoms with Crippen molar-refractivity contribution in [3.63, 3.8) is 0 Å². The van der Waals surface area contributed by atoms with Crippen molar-refractivity contribution in [2.24, 2.45) is 11.5 Å². The van der Waals surface area contributed by atoms with Crippen LogP contribution in [0.5, 0.6) is 0 Å². The lowest BCUT2D eigenvalue weighted by Gasteiger charge is -2.16. The number of ether oxygens (including phenoxy) is 1. The summed E-state index contributed by atoms with van der Waals surface area (Å²) in [6.07, 6.45) is 3.46. The van der Waals surface area contributed by atoms with Crippen molar-refractivity contribution in [1.82, 2.24) is 0 Å². The van der Waals surface area contributed by atoms with Gasteiger partial charge in [-0.1, -0.05) is 6.42 Å². The Kier molecular flexibility index (Phi) is 8.45. The number of rotatable bonds is 5. The van der Waals surface area contributed by atoms with Crippen LogP contribution in [0.1, 0.15) is 25.7 Å². The number of carbonyl (C=O) groups is 1. The maximum Gasteiger partial charge on any atom is 0.305 e. The lowest BCUT2D eigenvalue weighted by Crippen LogP contribution is -2.43. The Morgan fingerprint density at radius 3 is 2.62 bits per heavy atom. The number of hydrogen-bond acceptors (Lipinski definition) is 5. The van der Waals surface area contributed by atoms with Gasteiger partial charge in [0, 0.05) is 29.5 Å². The highest BCUT2D eigenvalue weighted by Gasteiger charge is 2.30. The first-order valence-corrected chi connectivity index (χ1v) is 6.39. The fourth-order valence-electron chi connectivity index (χ4n) is 1.73. The fraction of sp³-hybridized carbons (Fsp3) is 0.900. The first-order chi connectivity index (χ1) is 7.15. The maximum atomic E-state index is 10.9. The summed E-state index contributed by atoms with van der Waals surface area (Å²) in [4.78, 5) is 10.9. The highest BCUT2D eigenvalue weighted by Crippen LogP contribution is 2.28. The van der Waals surface area contributed by atoms with E-state index in [1.807, 2.05) is 11.8 Å². The average molecular weight is 313 g/mol. The lowest BCUT2D eigenvalue weighted by molar-refractivity contribution is -0.140. The Morgan fingerprint density at radius 1 is 1.44 bits per heavy atom. The first-order valence-electron chi connectivity index (χ1n) is 5.34. The van der Waals surface area contributed by atoms with Crippen LogP contribution in [0, 0.1) is 0 Å². The van der Waals surface area contributed by atoms with Gasteiger partial charge in [0.2, 0.25) is 0 Å². The molecule has 0 amide bonds. The third-order valence-electron chi connectivity index (χ3n) is 2.77. The van der Waals surface area contributed by atoms with E-state index in [0.717, 1.165) is 25.0 Å². The molecule has 0 aliphatic carbocycles. The zero-order chi connectivity index (χ0) is 11.3. The van der Waals surface area contributed by atoms with E-state index in [2.05, 4.69) is 4.74 Å². The van der Waals surface area contributed by atoms with Crippen LogP contribution in [0.3, 0.4) is 0 Å². The van der Waals surface area contributed by atoms with Gasteiger partial charge in [-0.15, -0.1) is 17.0 Å². The van der Waals surface area contributed by atoms with E-state index in [9.17, 15) is 4.79 Å². The summed E-state index contributed by atoms with van der Waals surface area (Å²) < 4.78 is 4.57. The van der Waals surface area contributed by atoms with Crippen LogP contribution in [0.25, 0.3) is 0 Å². The van der Waals surface area contributed by atoms with Crippen LogP contribution in [0.15, 0.2) is 0 Å². The topological polar surface area (TPSA) is 78.3 Å². The van der Waals surface area contributed by atoms with Gasteiger partial charge in [0.15, 0.2) is 0 Å². The van der Waals surface area contributed by atoms with Crippen molar-refractivity contribution in [3.8, 4) is 0 Å². The highest BCUT2D eigenvalue weighted by atomic mass is 79.9. The number of unbranched alkanes of at least 4 members (excludes halogenated alkanes) is 1. The largest absolute Gasteiger partial charge is 0.469 e. The summed E-state index contributed by atoms with van der Waals surface area (Å²) in [6, 6.07) is 0.258. The second-order valence-electron chi connectivity index (χ2n) is 3.93. The summed E-state index contributed by atoms with van der Waals surface area (Å²) in [6.45, 7) is 0. The van der Waals surface area contributed by atoms with Crippen molar-refractivity contribution in [1.29, 1.82) is 0 Å². The van der Waals surface area contributed by atoms with Gasteiger partial charge in [0.05, 0.1) is 7.11 Å².